The highest BCUT2D eigenvalue weighted by Gasteiger charge is 2.37. The summed E-state index contributed by atoms with van der Waals surface area (Å²) in [7, 11) is 1.59. The van der Waals surface area contributed by atoms with Crippen LogP contribution in [-0.2, 0) is 6.18 Å². The second-order valence-corrected chi connectivity index (χ2v) is 7.66. The summed E-state index contributed by atoms with van der Waals surface area (Å²) in [6, 6.07) is 9.99. The van der Waals surface area contributed by atoms with E-state index in [1.54, 1.807) is 18.0 Å². The molecule has 164 valence electrons. The SMILES string of the molecule is C[C@@H]1CN(C(=O)N(C)c2ccc(F)cc2)[C@@H](C)CN1c1ccc(C#N)c(C(F)(F)F)c1. The van der Waals surface area contributed by atoms with Crippen LogP contribution >= 0.6 is 0 Å². The minimum atomic E-state index is -4.63. The van der Waals surface area contributed by atoms with Gasteiger partial charge in [0.05, 0.1) is 17.2 Å². The molecule has 2 aromatic rings. The second-order valence-electron chi connectivity index (χ2n) is 7.66. The summed E-state index contributed by atoms with van der Waals surface area (Å²) in [5.41, 5.74) is -0.506. The smallest absolute Gasteiger partial charge is 0.365 e. The topological polar surface area (TPSA) is 50.6 Å². The third-order valence-electron chi connectivity index (χ3n) is 5.49. The normalized spacial score (nSPS) is 19.2. The van der Waals surface area contributed by atoms with E-state index >= 15 is 0 Å². The summed E-state index contributed by atoms with van der Waals surface area (Å²) < 4.78 is 53.2. The molecule has 1 heterocycles. The van der Waals surface area contributed by atoms with Crippen molar-refractivity contribution in [3.8, 4) is 6.07 Å². The van der Waals surface area contributed by atoms with Crippen LogP contribution in [0.25, 0.3) is 0 Å². The summed E-state index contributed by atoms with van der Waals surface area (Å²) in [5, 5.41) is 9.00. The summed E-state index contributed by atoms with van der Waals surface area (Å²) in [4.78, 5) is 17.9. The molecule has 9 heteroatoms. The third kappa shape index (κ3) is 4.58. The van der Waals surface area contributed by atoms with Crippen molar-refractivity contribution in [2.75, 3.05) is 29.9 Å². The van der Waals surface area contributed by atoms with Gasteiger partial charge in [0.1, 0.15) is 5.82 Å². The highest BCUT2D eigenvalue weighted by molar-refractivity contribution is 5.91. The Balaban J connectivity index is 1.81. The van der Waals surface area contributed by atoms with Gasteiger partial charge in [0.2, 0.25) is 0 Å². The molecule has 3 rings (SSSR count). The molecule has 1 saturated heterocycles. The van der Waals surface area contributed by atoms with E-state index < -0.39 is 23.1 Å². The molecule has 1 aliphatic heterocycles. The molecule has 2 atom stereocenters. The van der Waals surface area contributed by atoms with Gasteiger partial charge in [-0.05, 0) is 56.3 Å². The van der Waals surface area contributed by atoms with Crippen molar-refractivity contribution >= 4 is 17.4 Å². The van der Waals surface area contributed by atoms with Gasteiger partial charge in [-0.3, -0.25) is 4.90 Å². The minimum Gasteiger partial charge on any atom is -0.365 e. The van der Waals surface area contributed by atoms with Gasteiger partial charge in [-0.1, -0.05) is 0 Å². The maximum Gasteiger partial charge on any atom is 0.417 e. The Bertz CT molecular complexity index is 1000. The first kappa shape index (κ1) is 22.4. The molecular weight excluding hydrogens is 412 g/mol. The number of amides is 2. The number of rotatable bonds is 2. The average molecular weight is 434 g/mol. The zero-order valence-electron chi connectivity index (χ0n) is 17.3. The van der Waals surface area contributed by atoms with E-state index in [0.717, 1.165) is 6.07 Å². The largest absolute Gasteiger partial charge is 0.417 e. The summed E-state index contributed by atoms with van der Waals surface area (Å²) in [6.45, 7) is 4.28. The predicted octanol–water partition coefficient (Wildman–Crippen LogP) is 4.87. The van der Waals surface area contributed by atoms with Crippen LogP contribution < -0.4 is 9.80 Å². The first-order chi connectivity index (χ1) is 14.5. The molecule has 0 saturated carbocycles. The molecule has 0 bridgehead atoms. The number of carbonyl (C=O) groups excluding carboxylic acids is 1. The lowest BCUT2D eigenvalue weighted by atomic mass is 10.0. The molecule has 1 aliphatic rings. The molecule has 0 N–H and O–H groups in total. The van der Waals surface area contributed by atoms with Crippen LogP contribution in [0.5, 0.6) is 0 Å². The average Bonchev–Trinajstić information content (AvgIpc) is 2.73. The number of nitrogens with zero attached hydrogens (tertiary/aromatic N) is 4. The first-order valence-corrected chi connectivity index (χ1v) is 9.70. The molecule has 0 aliphatic carbocycles. The van der Waals surface area contributed by atoms with E-state index in [1.807, 2.05) is 18.7 Å². The number of urea groups is 1. The lowest BCUT2D eigenvalue weighted by Crippen LogP contribution is -2.60. The van der Waals surface area contributed by atoms with Crippen LogP contribution in [-0.4, -0.2) is 43.2 Å². The van der Waals surface area contributed by atoms with E-state index in [-0.39, 0.29) is 18.1 Å². The fraction of sp³-hybridized carbons (Fsp3) is 0.364. The van der Waals surface area contributed by atoms with Crippen LogP contribution in [0, 0.1) is 17.1 Å². The van der Waals surface area contributed by atoms with Crippen molar-refractivity contribution in [2.24, 2.45) is 0 Å². The van der Waals surface area contributed by atoms with Crippen molar-refractivity contribution in [3.63, 3.8) is 0 Å². The highest BCUT2D eigenvalue weighted by atomic mass is 19.4. The molecule has 1 fully saturated rings. The zero-order valence-corrected chi connectivity index (χ0v) is 17.3. The van der Waals surface area contributed by atoms with Gasteiger partial charge in [-0.15, -0.1) is 0 Å². The molecule has 0 spiro atoms. The Morgan fingerprint density at radius 1 is 1.10 bits per heavy atom. The number of hydrogen-bond acceptors (Lipinski definition) is 3. The van der Waals surface area contributed by atoms with Gasteiger partial charge in [0, 0.05) is 43.6 Å². The zero-order chi connectivity index (χ0) is 22.9. The second kappa shape index (κ2) is 8.46. The molecular formula is C22H22F4N4O. The van der Waals surface area contributed by atoms with E-state index in [4.69, 9.17) is 5.26 Å². The number of benzene rings is 2. The van der Waals surface area contributed by atoms with Crippen molar-refractivity contribution in [2.45, 2.75) is 32.1 Å². The maximum absolute atomic E-state index is 13.3. The fourth-order valence-electron chi connectivity index (χ4n) is 3.76. The van der Waals surface area contributed by atoms with Crippen molar-refractivity contribution in [3.05, 3.63) is 59.4 Å². The molecule has 2 amide bonds. The molecule has 5 nitrogen and oxygen atoms in total. The predicted molar refractivity (Wildman–Crippen MR) is 109 cm³/mol. The highest BCUT2D eigenvalue weighted by Crippen LogP contribution is 2.35. The maximum atomic E-state index is 13.3. The van der Waals surface area contributed by atoms with Gasteiger partial charge in [-0.2, -0.15) is 18.4 Å². The Kier molecular flexibility index (Phi) is 6.11. The van der Waals surface area contributed by atoms with E-state index in [0.29, 0.717) is 24.5 Å². The van der Waals surface area contributed by atoms with Crippen LogP contribution in [0.4, 0.5) is 33.7 Å². The molecule has 0 unspecified atom stereocenters. The van der Waals surface area contributed by atoms with E-state index in [1.165, 1.54) is 41.3 Å². The number of halogens is 4. The molecule has 31 heavy (non-hydrogen) atoms. The summed E-state index contributed by atoms with van der Waals surface area (Å²) in [5.74, 6) is -0.402. The number of alkyl halides is 3. The molecule has 2 aromatic carbocycles. The number of nitriles is 1. The van der Waals surface area contributed by atoms with Gasteiger partial charge in [-0.25, -0.2) is 9.18 Å². The van der Waals surface area contributed by atoms with Crippen molar-refractivity contribution in [1.82, 2.24) is 4.90 Å². The lowest BCUT2D eigenvalue weighted by molar-refractivity contribution is -0.137. The Labute approximate surface area is 178 Å². The van der Waals surface area contributed by atoms with Gasteiger partial charge in [0.15, 0.2) is 0 Å². The van der Waals surface area contributed by atoms with Gasteiger partial charge < -0.3 is 9.80 Å². The number of piperazine rings is 1. The Morgan fingerprint density at radius 2 is 1.74 bits per heavy atom. The summed E-state index contributed by atoms with van der Waals surface area (Å²) >= 11 is 0. The van der Waals surface area contributed by atoms with Crippen molar-refractivity contribution < 1.29 is 22.4 Å². The van der Waals surface area contributed by atoms with Crippen LogP contribution in [0.15, 0.2) is 42.5 Å². The van der Waals surface area contributed by atoms with E-state index in [9.17, 15) is 22.4 Å². The number of hydrogen-bond donors (Lipinski definition) is 0. The quantitative estimate of drug-likeness (QED) is 0.634. The van der Waals surface area contributed by atoms with Gasteiger partial charge in [0.25, 0.3) is 0 Å². The third-order valence-corrected chi connectivity index (χ3v) is 5.49. The summed E-state index contributed by atoms with van der Waals surface area (Å²) in [6.07, 6.45) is -4.63. The van der Waals surface area contributed by atoms with Crippen molar-refractivity contribution in [1.29, 1.82) is 5.26 Å². The molecule has 0 aromatic heterocycles. The van der Waals surface area contributed by atoms with Gasteiger partial charge >= 0.3 is 12.2 Å². The monoisotopic (exact) mass is 434 g/mol. The number of anilines is 2. The molecule has 0 radical (unpaired) electrons. The lowest BCUT2D eigenvalue weighted by Gasteiger charge is -2.46. The van der Waals surface area contributed by atoms with Crippen LogP contribution in [0.2, 0.25) is 0 Å². The standard InChI is InChI=1S/C22H22F4N4O/c1-14-13-30(21(31)28(3)18-8-5-17(23)6-9-18)15(2)12-29(14)19-7-4-16(11-27)20(10-19)22(24,25)26/h4-10,14-15H,12-13H2,1-3H3/t14-,15+/m1/s1. The van der Waals surface area contributed by atoms with Crippen LogP contribution in [0.1, 0.15) is 25.0 Å². The number of carbonyl (C=O) groups is 1. The fourth-order valence-corrected chi connectivity index (χ4v) is 3.76. The van der Waals surface area contributed by atoms with E-state index in [2.05, 4.69) is 0 Å². The first-order valence-electron chi connectivity index (χ1n) is 9.70. The minimum absolute atomic E-state index is 0.254. The Hall–Kier alpha value is -3.28. The van der Waals surface area contributed by atoms with Crippen LogP contribution in [0.3, 0.4) is 0 Å². The Morgan fingerprint density at radius 3 is 2.32 bits per heavy atom.